The smallest absolute Gasteiger partial charge is 0.230 e. The van der Waals surface area contributed by atoms with Gasteiger partial charge in [0.15, 0.2) is 23.1 Å². The summed E-state index contributed by atoms with van der Waals surface area (Å²) < 4.78 is 24.7. The van der Waals surface area contributed by atoms with Crippen molar-refractivity contribution in [3.63, 3.8) is 0 Å². The molecule has 28 heavy (non-hydrogen) atoms. The first-order valence-corrected chi connectivity index (χ1v) is 8.71. The zero-order chi connectivity index (χ0) is 19.3. The number of hydrogen-bond donors (Lipinski definition) is 2. The predicted octanol–water partition coefficient (Wildman–Crippen LogP) is 3.31. The first kappa shape index (κ1) is 17.7. The molecule has 2 heterocycles. The van der Waals surface area contributed by atoms with E-state index in [0.717, 1.165) is 5.69 Å². The Morgan fingerprint density at radius 1 is 0.964 bits per heavy atom. The second-order valence-corrected chi connectivity index (χ2v) is 6.10. The Balaban J connectivity index is 1.37. The number of halogens is 1. The Labute approximate surface area is 160 Å². The molecule has 0 saturated heterocycles. The van der Waals surface area contributed by atoms with E-state index in [9.17, 15) is 9.18 Å². The highest BCUT2D eigenvalue weighted by Gasteiger charge is 2.12. The molecule has 0 atom stereocenters. The monoisotopic (exact) mass is 380 g/mol. The first-order valence-electron chi connectivity index (χ1n) is 8.71. The molecule has 1 aliphatic rings. The zero-order valence-electron chi connectivity index (χ0n) is 14.8. The molecule has 1 amide bonds. The number of carbonyl (C=O) groups excluding carboxylic acids is 1. The number of nitrogens with zero attached hydrogens (tertiary/aromatic N) is 2. The largest absolute Gasteiger partial charge is 0.486 e. The maximum Gasteiger partial charge on any atom is 0.230 e. The molecule has 3 aromatic rings. The van der Waals surface area contributed by atoms with Crippen molar-refractivity contribution in [2.75, 3.05) is 23.8 Å². The van der Waals surface area contributed by atoms with E-state index in [1.165, 1.54) is 6.07 Å². The SMILES string of the molecule is O=C(Cc1ccccc1F)Nc1ccc(Nc2ccc3c(c2)OCCO3)nn1. The third-order valence-corrected chi connectivity index (χ3v) is 4.06. The lowest BCUT2D eigenvalue weighted by molar-refractivity contribution is -0.115. The summed E-state index contributed by atoms with van der Waals surface area (Å²) in [4.78, 5) is 12.1. The predicted molar refractivity (Wildman–Crippen MR) is 101 cm³/mol. The molecule has 0 fully saturated rings. The topological polar surface area (TPSA) is 85.4 Å². The van der Waals surface area contributed by atoms with E-state index in [4.69, 9.17) is 9.47 Å². The summed E-state index contributed by atoms with van der Waals surface area (Å²) in [5.74, 6) is 1.38. The summed E-state index contributed by atoms with van der Waals surface area (Å²) in [6.07, 6.45) is -0.0778. The van der Waals surface area contributed by atoms with Gasteiger partial charge in [-0.1, -0.05) is 18.2 Å². The van der Waals surface area contributed by atoms with E-state index in [0.29, 0.717) is 36.1 Å². The molecule has 1 aliphatic heterocycles. The van der Waals surface area contributed by atoms with Crippen molar-refractivity contribution in [3.05, 3.63) is 66.0 Å². The summed E-state index contributed by atoms with van der Waals surface area (Å²) in [6.45, 7) is 1.05. The molecule has 1 aromatic heterocycles. The fraction of sp³-hybridized carbons (Fsp3) is 0.150. The minimum Gasteiger partial charge on any atom is -0.486 e. The number of ether oxygens (including phenoxy) is 2. The van der Waals surface area contributed by atoms with Crippen molar-refractivity contribution >= 4 is 23.2 Å². The van der Waals surface area contributed by atoms with Crippen molar-refractivity contribution in [3.8, 4) is 11.5 Å². The van der Waals surface area contributed by atoms with Crippen LogP contribution in [-0.2, 0) is 11.2 Å². The van der Waals surface area contributed by atoms with Crippen LogP contribution in [0.2, 0.25) is 0 Å². The number of hydrogen-bond acceptors (Lipinski definition) is 6. The highest BCUT2D eigenvalue weighted by molar-refractivity contribution is 5.91. The van der Waals surface area contributed by atoms with Gasteiger partial charge in [0.25, 0.3) is 0 Å². The molecule has 8 heteroatoms. The summed E-state index contributed by atoms with van der Waals surface area (Å²) in [7, 11) is 0. The highest BCUT2D eigenvalue weighted by atomic mass is 19.1. The average molecular weight is 380 g/mol. The second-order valence-electron chi connectivity index (χ2n) is 6.10. The van der Waals surface area contributed by atoms with E-state index in [2.05, 4.69) is 20.8 Å². The molecular weight excluding hydrogens is 363 g/mol. The standard InChI is InChI=1S/C20H17FN4O3/c21-15-4-2-1-3-13(15)11-20(26)23-19-8-7-18(24-25-19)22-14-5-6-16-17(12-14)28-10-9-27-16/h1-8,12H,9-11H2,(H,22,24)(H,23,25,26). The number of fused-ring (bicyclic) bond motifs is 1. The lowest BCUT2D eigenvalue weighted by Crippen LogP contribution is -2.16. The maximum atomic E-state index is 13.6. The Hall–Kier alpha value is -3.68. The Bertz CT molecular complexity index is 995. The van der Waals surface area contributed by atoms with Gasteiger partial charge in [0, 0.05) is 11.8 Å². The van der Waals surface area contributed by atoms with E-state index >= 15 is 0 Å². The molecule has 0 unspecified atom stereocenters. The number of aromatic nitrogens is 2. The van der Waals surface area contributed by atoms with Crippen LogP contribution in [0.15, 0.2) is 54.6 Å². The third kappa shape index (κ3) is 4.17. The maximum absolute atomic E-state index is 13.6. The molecule has 0 saturated carbocycles. The van der Waals surface area contributed by atoms with E-state index in [1.807, 2.05) is 18.2 Å². The average Bonchev–Trinajstić information content (AvgIpc) is 2.71. The van der Waals surface area contributed by atoms with Crippen LogP contribution in [0.1, 0.15) is 5.56 Å². The van der Waals surface area contributed by atoms with Crippen LogP contribution >= 0.6 is 0 Å². The number of anilines is 3. The van der Waals surface area contributed by atoms with Gasteiger partial charge in [-0.3, -0.25) is 4.79 Å². The number of amides is 1. The van der Waals surface area contributed by atoms with Crippen molar-refractivity contribution < 1.29 is 18.7 Å². The quantitative estimate of drug-likeness (QED) is 0.706. The number of carbonyl (C=O) groups is 1. The van der Waals surface area contributed by atoms with Gasteiger partial charge in [-0.2, -0.15) is 0 Å². The molecule has 7 nitrogen and oxygen atoms in total. The van der Waals surface area contributed by atoms with Crippen LogP contribution in [0.3, 0.4) is 0 Å². The molecule has 0 aliphatic carbocycles. The Morgan fingerprint density at radius 2 is 1.71 bits per heavy atom. The van der Waals surface area contributed by atoms with Crippen LogP contribution in [0.25, 0.3) is 0 Å². The zero-order valence-corrected chi connectivity index (χ0v) is 14.8. The van der Waals surface area contributed by atoms with Crippen LogP contribution in [0.4, 0.5) is 21.7 Å². The van der Waals surface area contributed by atoms with E-state index in [-0.39, 0.29) is 18.1 Å². The number of rotatable bonds is 5. The Kier molecular flexibility index (Phi) is 5.01. The second kappa shape index (κ2) is 7.91. The molecule has 0 spiro atoms. The van der Waals surface area contributed by atoms with Crippen LogP contribution in [0.5, 0.6) is 11.5 Å². The molecule has 2 aromatic carbocycles. The van der Waals surface area contributed by atoms with Crippen molar-refractivity contribution in [2.45, 2.75) is 6.42 Å². The molecule has 0 radical (unpaired) electrons. The normalized spacial score (nSPS) is 12.3. The van der Waals surface area contributed by atoms with Crippen LogP contribution in [0, 0.1) is 5.82 Å². The van der Waals surface area contributed by atoms with Gasteiger partial charge in [0.05, 0.1) is 6.42 Å². The van der Waals surface area contributed by atoms with Gasteiger partial charge < -0.3 is 20.1 Å². The van der Waals surface area contributed by atoms with Crippen molar-refractivity contribution in [2.24, 2.45) is 0 Å². The molecule has 2 N–H and O–H groups in total. The number of nitrogens with one attached hydrogen (secondary N) is 2. The summed E-state index contributed by atoms with van der Waals surface area (Å²) in [6, 6.07) is 14.9. The fourth-order valence-electron chi connectivity index (χ4n) is 2.74. The minimum absolute atomic E-state index is 0.0778. The van der Waals surface area contributed by atoms with E-state index < -0.39 is 5.82 Å². The summed E-state index contributed by atoms with van der Waals surface area (Å²) in [5.41, 5.74) is 1.10. The van der Waals surface area contributed by atoms with Crippen LogP contribution in [-0.4, -0.2) is 29.3 Å². The van der Waals surface area contributed by atoms with Gasteiger partial charge >= 0.3 is 0 Å². The first-order chi connectivity index (χ1) is 13.7. The lowest BCUT2D eigenvalue weighted by atomic mass is 10.1. The number of benzene rings is 2. The Morgan fingerprint density at radius 3 is 2.50 bits per heavy atom. The van der Waals surface area contributed by atoms with Gasteiger partial charge in [-0.25, -0.2) is 4.39 Å². The lowest BCUT2D eigenvalue weighted by Gasteiger charge is -2.19. The van der Waals surface area contributed by atoms with Gasteiger partial charge in [0.1, 0.15) is 19.0 Å². The fourth-order valence-corrected chi connectivity index (χ4v) is 2.74. The van der Waals surface area contributed by atoms with Gasteiger partial charge in [0.2, 0.25) is 5.91 Å². The van der Waals surface area contributed by atoms with Crippen LogP contribution < -0.4 is 20.1 Å². The summed E-state index contributed by atoms with van der Waals surface area (Å²) >= 11 is 0. The molecule has 4 rings (SSSR count). The summed E-state index contributed by atoms with van der Waals surface area (Å²) in [5, 5.41) is 13.7. The van der Waals surface area contributed by atoms with Crippen molar-refractivity contribution in [1.82, 2.24) is 10.2 Å². The highest BCUT2D eigenvalue weighted by Crippen LogP contribution is 2.33. The molecule has 142 valence electrons. The molecule has 0 bridgehead atoms. The molecular formula is C20H17FN4O3. The van der Waals surface area contributed by atoms with Gasteiger partial charge in [-0.05, 0) is 35.9 Å². The van der Waals surface area contributed by atoms with E-state index in [1.54, 1.807) is 30.3 Å². The van der Waals surface area contributed by atoms with Crippen molar-refractivity contribution in [1.29, 1.82) is 0 Å². The van der Waals surface area contributed by atoms with Gasteiger partial charge in [-0.15, -0.1) is 10.2 Å². The third-order valence-electron chi connectivity index (χ3n) is 4.06. The minimum atomic E-state index is -0.414.